The molecule has 0 unspecified atom stereocenters. The van der Waals surface area contributed by atoms with Crippen molar-refractivity contribution in [3.63, 3.8) is 0 Å². The maximum atomic E-state index is 4.63. The van der Waals surface area contributed by atoms with E-state index in [1.54, 1.807) is 0 Å². The van der Waals surface area contributed by atoms with Crippen LogP contribution in [-0.4, -0.2) is 37.6 Å². The zero-order valence-corrected chi connectivity index (χ0v) is 71.6. The van der Waals surface area contributed by atoms with Crippen molar-refractivity contribution in [2.75, 3.05) is 4.90 Å². The highest BCUT2D eigenvalue weighted by molar-refractivity contribution is 6.13. The van der Waals surface area contributed by atoms with Crippen LogP contribution in [0.15, 0.2) is 473 Å². The number of fused-ring (bicyclic) bond motifs is 15. The zero-order valence-electron chi connectivity index (χ0n) is 71.6. The monoisotopic (exact) mass is 1650 g/mol. The Morgan fingerprint density at radius 3 is 0.581 bits per heavy atom. The van der Waals surface area contributed by atoms with E-state index in [2.05, 4.69) is 512 Å². The van der Waals surface area contributed by atoms with Crippen molar-refractivity contribution in [3.05, 3.63) is 479 Å². The average molecular weight is 1660 g/mol. The van der Waals surface area contributed by atoms with Gasteiger partial charge in [0.25, 0.3) is 0 Å². The molecule has 6 aromatic heterocycles. The van der Waals surface area contributed by atoms with Gasteiger partial charge in [-0.05, 0) is 203 Å². The van der Waals surface area contributed by atoms with Crippen LogP contribution < -0.4 is 4.90 Å². The van der Waals surface area contributed by atoms with E-state index in [-0.39, 0.29) is 5.41 Å². The van der Waals surface area contributed by atoms with E-state index in [0.717, 1.165) is 62.6 Å². The Hall–Kier alpha value is -16.9. The SMILES string of the molecule is CC(C)(C)c1ccc(-c2nnc(-c3ccc(-c4ccccc4)cc3)n2-c2ccccc2)cc1.c1ccc2c(c1)c1ccccc1n2-c1ccc(-c2ccc(-n3c4ccccc4c4ccccc43)cc2)cc1.c1ccc2c(c1)c1ccccc1n2-c1ccc(N(c2ccc(-n3c4ccccc4c4ccccc43)cc2)c2ccc(-n3c4ccccc4c4ccccc43)cc2)cc1. The Morgan fingerprint density at radius 1 is 0.163 bits per heavy atom. The molecule has 0 radical (unpaired) electrons. The highest BCUT2D eigenvalue weighted by Gasteiger charge is 2.24. The molecule has 25 rings (SSSR count). The molecule has 9 nitrogen and oxygen atoms in total. The van der Waals surface area contributed by atoms with Crippen molar-refractivity contribution in [3.8, 4) is 79.2 Å². The van der Waals surface area contributed by atoms with Crippen molar-refractivity contribution in [2.24, 2.45) is 0 Å². The Morgan fingerprint density at radius 2 is 0.341 bits per heavy atom. The molecule has 0 amide bonds. The minimum atomic E-state index is 0.108. The van der Waals surface area contributed by atoms with E-state index < -0.39 is 0 Å². The lowest BCUT2D eigenvalue weighted by molar-refractivity contribution is 0.590. The van der Waals surface area contributed by atoms with E-state index in [9.17, 15) is 0 Å². The third-order valence-corrected chi connectivity index (χ3v) is 25.5. The number of rotatable bonds is 13. The number of benzene rings is 19. The number of nitrogens with zero attached hydrogens (tertiary/aromatic N) is 9. The molecule has 6 heterocycles. The van der Waals surface area contributed by atoms with Gasteiger partial charge in [0.2, 0.25) is 0 Å². The molecule has 0 spiro atoms. The molecule has 9 heteroatoms. The summed E-state index contributed by atoms with van der Waals surface area (Å²) in [6, 6.07) is 169. The van der Waals surface area contributed by atoms with E-state index >= 15 is 0 Å². The summed E-state index contributed by atoms with van der Waals surface area (Å²) in [6.07, 6.45) is 0. The maximum absolute atomic E-state index is 4.63. The quantitative estimate of drug-likeness (QED) is 0.116. The van der Waals surface area contributed by atoms with Gasteiger partial charge in [0.05, 0.1) is 55.2 Å². The summed E-state index contributed by atoms with van der Waals surface area (Å²) in [5, 5.41) is 21.9. The highest BCUT2D eigenvalue weighted by atomic mass is 15.3. The second-order valence-corrected chi connectivity index (χ2v) is 34.1. The van der Waals surface area contributed by atoms with Crippen molar-refractivity contribution in [2.45, 2.75) is 26.2 Å². The molecule has 19 aromatic carbocycles. The Kier molecular flexibility index (Phi) is 19.3. The minimum Gasteiger partial charge on any atom is -0.310 e. The lowest BCUT2D eigenvalue weighted by Gasteiger charge is -2.26. The summed E-state index contributed by atoms with van der Waals surface area (Å²) >= 11 is 0. The standard InChI is InChI=1S/C54H36N4.C36H24N2.C30H27N3/c1-7-19-49-43(13-1)44-14-2-8-20-50(44)56(49)40-31-25-37(26-32-40)55(38-27-33-41(34-28-38)57-51-21-9-3-15-45(51)46-16-4-10-22-52(46)57)39-29-35-42(36-30-39)58-53-23-11-5-17-47(53)48-18-6-12-24-54(48)58;1-5-13-33-29(9-1)30-10-2-6-14-34(30)37(33)27-21-17-25(18-22-27)26-19-23-28(24-20-26)38-35-15-7-3-11-31(35)32-12-4-8-16-36(32)38;1-30(2,3)26-20-18-25(19-21-26)29-32-31-28(33(29)27-12-8-5-9-13-27)24-16-14-23(15-17-24)22-10-6-4-7-11-22/h1-36H;1-24H;4-21H,1-3H3. The van der Waals surface area contributed by atoms with Crippen LogP contribution >= 0.6 is 0 Å². The molecular formula is C120H87N9. The third-order valence-electron chi connectivity index (χ3n) is 25.5. The largest absolute Gasteiger partial charge is 0.310 e. The van der Waals surface area contributed by atoms with Gasteiger partial charge in [0.15, 0.2) is 11.6 Å². The van der Waals surface area contributed by atoms with Gasteiger partial charge in [-0.3, -0.25) is 4.57 Å². The summed E-state index contributed by atoms with van der Waals surface area (Å²) < 4.78 is 14.0. The van der Waals surface area contributed by atoms with Crippen LogP contribution in [0.5, 0.6) is 0 Å². The van der Waals surface area contributed by atoms with E-state index in [0.29, 0.717) is 0 Å². The fourth-order valence-corrected chi connectivity index (χ4v) is 19.4. The van der Waals surface area contributed by atoms with Crippen LogP contribution in [0.4, 0.5) is 17.1 Å². The summed E-state index contributed by atoms with van der Waals surface area (Å²) in [5.74, 6) is 1.67. The van der Waals surface area contributed by atoms with Crippen molar-refractivity contribution >= 4 is 126 Å². The Bertz CT molecular complexity index is 7660. The molecule has 612 valence electrons. The first-order chi connectivity index (χ1) is 63.7. The molecule has 0 atom stereocenters. The molecule has 25 aromatic rings. The predicted octanol–water partition coefficient (Wildman–Crippen LogP) is 31.6. The first kappa shape index (κ1) is 77.0. The van der Waals surface area contributed by atoms with Crippen molar-refractivity contribution < 1.29 is 0 Å². The normalized spacial score (nSPS) is 11.7. The maximum Gasteiger partial charge on any atom is 0.168 e. The molecule has 0 fully saturated rings. The topological polar surface area (TPSA) is 58.6 Å². The lowest BCUT2D eigenvalue weighted by Crippen LogP contribution is -2.10. The minimum absolute atomic E-state index is 0.108. The van der Waals surface area contributed by atoms with E-state index in [1.807, 2.05) is 24.3 Å². The smallest absolute Gasteiger partial charge is 0.168 e. The van der Waals surface area contributed by atoms with Gasteiger partial charge in [-0.1, -0.05) is 324 Å². The van der Waals surface area contributed by atoms with Crippen molar-refractivity contribution in [1.82, 2.24) is 37.6 Å². The molecule has 0 aliphatic carbocycles. The van der Waals surface area contributed by atoms with Gasteiger partial charge in [-0.2, -0.15) is 0 Å². The van der Waals surface area contributed by atoms with E-state index in [1.165, 1.54) is 148 Å². The van der Waals surface area contributed by atoms with Crippen LogP contribution in [0.3, 0.4) is 0 Å². The van der Waals surface area contributed by atoms with Gasteiger partial charge in [0.1, 0.15) is 0 Å². The second kappa shape index (κ2) is 32.3. The van der Waals surface area contributed by atoms with Crippen LogP contribution in [0, 0.1) is 0 Å². The average Bonchev–Trinajstić information content (AvgIpc) is 1.62. The zero-order chi connectivity index (χ0) is 86.0. The molecule has 129 heavy (non-hydrogen) atoms. The molecule has 0 N–H and O–H groups in total. The van der Waals surface area contributed by atoms with Crippen LogP contribution in [0.2, 0.25) is 0 Å². The Balaban J connectivity index is 0.000000117. The first-order valence-corrected chi connectivity index (χ1v) is 44.2. The number of aromatic nitrogens is 8. The number of para-hydroxylation sites is 11. The van der Waals surface area contributed by atoms with Crippen LogP contribution in [0.1, 0.15) is 26.3 Å². The van der Waals surface area contributed by atoms with Gasteiger partial charge in [-0.25, -0.2) is 0 Å². The summed E-state index contributed by atoms with van der Waals surface area (Å²) in [6.45, 7) is 6.68. The van der Waals surface area contributed by atoms with E-state index in [4.69, 9.17) is 0 Å². The van der Waals surface area contributed by atoms with Gasteiger partial charge in [0, 0.05) is 116 Å². The van der Waals surface area contributed by atoms with Gasteiger partial charge in [-0.15, -0.1) is 10.2 Å². The molecule has 0 aliphatic heterocycles. The fourth-order valence-electron chi connectivity index (χ4n) is 19.4. The number of hydrogen-bond donors (Lipinski definition) is 0. The molecule has 0 saturated carbocycles. The van der Waals surface area contributed by atoms with Crippen LogP contribution in [0.25, 0.3) is 188 Å². The number of anilines is 3. The van der Waals surface area contributed by atoms with Crippen LogP contribution in [-0.2, 0) is 5.41 Å². The summed E-state index contributed by atoms with van der Waals surface area (Å²) in [5.41, 5.74) is 30.5. The van der Waals surface area contributed by atoms with Crippen molar-refractivity contribution in [1.29, 1.82) is 0 Å². The predicted molar refractivity (Wildman–Crippen MR) is 541 cm³/mol. The molecule has 0 saturated heterocycles. The summed E-state index contributed by atoms with van der Waals surface area (Å²) in [4.78, 5) is 2.36. The second-order valence-electron chi connectivity index (χ2n) is 34.1. The first-order valence-electron chi connectivity index (χ1n) is 44.2. The fraction of sp³-hybridized carbons (Fsp3) is 0.0333. The Labute approximate surface area is 747 Å². The highest BCUT2D eigenvalue weighted by Crippen LogP contribution is 2.43. The van der Waals surface area contributed by atoms with Gasteiger partial charge >= 0.3 is 0 Å². The summed E-state index contributed by atoms with van der Waals surface area (Å²) in [7, 11) is 0. The van der Waals surface area contributed by atoms with Gasteiger partial charge < -0.3 is 27.7 Å². The molecular weight excluding hydrogens is 1570 g/mol. The number of hydrogen-bond acceptors (Lipinski definition) is 3. The molecule has 0 bridgehead atoms. The lowest BCUT2D eigenvalue weighted by atomic mass is 9.86. The third kappa shape index (κ3) is 13.8. The molecule has 0 aliphatic rings.